The lowest BCUT2D eigenvalue weighted by atomic mass is 10.1. The molecule has 0 aliphatic heterocycles. The van der Waals surface area contributed by atoms with Crippen LogP contribution in [0.25, 0.3) is 0 Å². The van der Waals surface area contributed by atoms with E-state index < -0.39 is 0 Å². The molecule has 0 aliphatic rings. The summed E-state index contributed by atoms with van der Waals surface area (Å²) in [7, 11) is 0. The summed E-state index contributed by atoms with van der Waals surface area (Å²) < 4.78 is 5.49. The van der Waals surface area contributed by atoms with Gasteiger partial charge in [0.25, 0.3) is 0 Å². The van der Waals surface area contributed by atoms with Crippen molar-refractivity contribution in [1.29, 1.82) is 0 Å². The maximum absolute atomic E-state index is 5.49. The van der Waals surface area contributed by atoms with Crippen molar-refractivity contribution in [1.82, 2.24) is 4.98 Å². The lowest BCUT2D eigenvalue weighted by Crippen LogP contribution is -2.07. The van der Waals surface area contributed by atoms with Crippen LogP contribution in [0.2, 0.25) is 0 Å². The van der Waals surface area contributed by atoms with Crippen LogP contribution in [-0.2, 0) is 6.42 Å². The summed E-state index contributed by atoms with van der Waals surface area (Å²) in [5.41, 5.74) is 6.69. The van der Waals surface area contributed by atoms with Crippen LogP contribution in [0.3, 0.4) is 0 Å². The number of hydrogen-bond acceptors (Lipinski definition) is 3. The predicted octanol–water partition coefficient (Wildman–Crippen LogP) is 1.76. The fraction of sp³-hybridized carbons (Fsp3) is 0.545. The van der Waals surface area contributed by atoms with E-state index in [1.807, 2.05) is 26.0 Å². The molecule has 1 rings (SSSR count). The van der Waals surface area contributed by atoms with E-state index in [0.717, 1.165) is 19.4 Å². The molecule has 0 amide bonds. The molecule has 2 N–H and O–H groups in total. The highest BCUT2D eigenvalue weighted by Gasteiger charge is 2.00. The highest BCUT2D eigenvalue weighted by molar-refractivity contribution is 5.20. The molecular formula is C11H18N2O. The third-order valence-electron chi connectivity index (χ3n) is 1.83. The van der Waals surface area contributed by atoms with Crippen LogP contribution in [0.4, 0.5) is 0 Å². The van der Waals surface area contributed by atoms with E-state index in [-0.39, 0.29) is 6.10 Å². The van der Waals surface area contributed by atoms with Crippen LogP contribution in [-0.4, -0.2) is 17.6 Å². The molecule has 0 radical (unpaired) electrons. The standard InChI is InChI=1S/C11H18N2O/c1-9(2)14-11-8-10(4-3-6-12)5-7-13-11/h5,7-9H,3-4,6,12H2,1-2H3. The number of aromatic nitrogens is 1. The number of nitrogens with two attached hydrogens (primary N) is 1. The van der Waals surface area contributed by atoms with Crippen LogP contribution in [0, 0.1) is 0 Å². The molecule has 14 heavy (non-hydrogen) atoms. The maximum atomic E-state index is 5.49. The van der Waals surface area contributed by atoms with Gasteiger partial charge >= 0.3 is 0 Å². The molecule has 78 valence electrons. The summed E-state index contributed by atoms with van der Waals surface area (Å²) in [6, 6.07) is 3.98. The molecule has 0 saturated carbocycles. The van der Waals surface area contributed by atoms with Crippen LogP contribution in [0.5, 0.6) is 5.88 Å². The second-order valence-corrected chi connectivity index (χ2v) is 3.56. The van der Waals surface area contributed by atoms with Gasteiger partial charge in [-0.3, -0.25) is 0 Å². The summed E-state index contributed by atoms with van der Waals surface area (Å²) >= 11 is 0. The number of rotatable bonds is 5. The second kappa shape index (κ2) is 5.60. The van der Waals surface area contributed by atoms with E-state index in [2.05, 4.69) is 4.98 Å². The molecule has 1 aromatic rings. The summed E-state index contributed by atoms with van der Waals surface area (Å²) in [5, 5.41) is 0. The molecule has 0 saturated heterocycles. The summed E-state index contributed by atoms with van der Waals surface area (Å²) in [4.78, 5) is 4.13. The van der Waals surface area contributed by atoms with Crippen molar-refractivity contribution in [2.75, 3.05) is 6.54 Å². The first kappa shape index (κ1) is 11.0. The Hall–Kier alpha value is -1.09. The van der Waals surface area contributed by atoms with Gasteiger partial charge in [0, 0.05) is 12.3 Å². The molecule has 1 aromatic heterocycles. The van der Waals surface area contributed by atoms with Gasteiger partial charge in [-0.15, -0.1) is 0 Å². The minimum absolute atomic E-state index is 0.173. The zero-order chi connectivity index (χ0) is 10.4. The predicted molar refractivity (Wildman–Crippen MR) is 57.4 cm³/mol. The number of hydrogen-bond donors (Lipinski definition) is 1. The van der Waals surface area contributed by atoms with Crippen LogP contribution in [0.1, 0.15) is 25.8 Å². The van der Waals surface area contributed by atoms with Crippen molar-refractivity contribution >= 4 is 0 Å². The van der Waals surface area contributed by atoms with Crippen molar-refractivity contribution in [3.8, 4) is 5.88 Å². The Morgan fingerprint density at radius 3 is 2.93 bits per heavy atom. The zero-order valence-electron chi connectivity index (χ0n) is 8.86. The van der Waals surface area contributed by atoms with Crippen molar-refractivity contribution < 1.29 is 4.74 Å². The molecule has 0 bridgehead atoms. The maximum Gasteiger partial charge on any atom is 0.213 e. The lowest BCUT2D eigenvalue weighted by molar-refractivity contribution is 0.232. The Kier molecular flexibility index (Phi) is 4.40. The third kappa shape index (κ3) is 3.75. The van der Waals surface area contributed by atoms with Crippen molar-refractivity contribution in [3.63, 3.8) is 0 Å². The van der Waals surface area contributed by atoms with E-state index in [9.17, 15) is 0 Å². The Bertz CT molecular complexity index is 274. The first-order chi connectivity index (χ1) is 6.72. The molecule has 0 fully saturated rings. The SMILES string of the molecule is CC(C)Oc1cc(CCCN)ccn1. The largest absolute Gasteiger partial charge is 0.475 e. The van der Waals surface area contributed by atoms with Gasteiger partial charge in [0.1, 0.15) is 0 Å². The van der Waals surface area contributed by atoms with E-state index in [0.29, 0.717) is 5.88 Å². The number of nitrogens with zero attached hydrogens (tertiary/aromatic N) is 1. The Balaban J connectivity index is 2.59. The molecule has 0 atom stereocenters. The average Bonchev–Trinajstić information content (AvgIpc) is 2.14. The summed E-state index contributed by atoms with van der Waals surface area (Å²) in [6.45, 7) is 4.71. The Morgan fingerprint density at radius 2 is 2.29 bits per heavy atom. The monoisotopic (exact) mass is 194 g/mol. The van der Waals surface area contributed by atoms with Gasteiger partial charge in [-0.05, 0) is 44.9 Å². The Morgan fingerprint density at radius 1 is 1.50 bits per heavy atom. The highest BCUT2D eigenvalue weighted by Crippen LogP contribution is 2.12. The third-order valence-corrected chi connectivity index (χ3v) is 1.83. The van der Waals surface area contributed by atoms with Gasteiger partial charge in [-0.25, -0.2) is 4.98 Å². The van der Waals surface area contributed by atoms with E-state index in [4.69, 9.17) is 10.5 Å². The van der Waals surface area contributed by atoms with Crippen LogP contribution in [0.15, 0.2) is 18.3 Å². The minimum atomic E-state index is 0.173. The summed E-state index contributed by atoms with van der Waals surface area (Å²) in [6.07, 6.45) is 3.95. The fourth-order valence-electron chi connectivity index (χ4n) is 1.22. The zero-order valence-corrected chi connectivity index (χ0v) is 8.86. The first-order valence-corrected chi connectivity index (χ1v) is 5.04. The molecule has 0 aliphatic carbocycles. The van der Waals surface area contributed by atoms with Gasteiger partial charge in [0.05, 0.1) is 6.10 Å². The number of pyridine rings is 1. The van der Waals surface area contributed by atoms with Gasteiger partial charge in [-0.2, -0.15) is 0 Å². The average molecular weight is 194 g/mol. The van der Waals surface area contributed by atoms with Gasteiger partial charge in [-0.1, -0.05) is 0 Å². The molecule has 1 heterocycles. The van der Waals surface area contributed by atoms with Gasteiger partial charge < -0.3 is 10.5 Å². The van der Waals surface area contributed by atoms with Crippen molar-refractivity contribution in [3.05, 3.63) is 23.9 Å². The van der Waals surface area contributed by atoms with Gasteiger partial charge in [0.15, 0.2) is 0 Å². The quantitative estimate of drug-likeness (QED) is 0.777. The number of aryl methyl sites for hydroxylation is 1. The normalized spacial score (nSPS) is 10.6. The topological polar surface area (TPSA) is 48.1 Å². The molecule has 3 nitrogen and oxygen atoms in total. The van der Waals surface area contributed by atoms with E-state index in [1.54, 1.807) is 6.20 Å². The van der Waals surface area contributed by atoms with Crippen LogP contribution >= 0.6 is 0 Å². The smallest absolute Gasteiger partial charge is 0.213 e. The highest BCUT2D eigenvalue weighted by atomic mass is 16.5. The van der Waals surface area contributed by atoms with Crippen molar-refractivity contribution in [2.24, 2.45) is 5.73 Å². The number of ether oxygens (including phenoxy) is 1. The molecule has 0 spiro atoms. The minimum Gasteiger partial charge on any atom is -0.475 e. The van der Waals surface area contributed by atoms with E-state index in [1.165, 1.54) is 5.56 Å². The second-order valence-electron chi connectivity index (χ2n) is 3.56. The Labute approximate surface area is 85.3 Å². The van der Waals surface area contributed by atoms with Crippen molar-refractivity contribution in [2.45, 2.75) is 32.8 Å². The molecule has 0 unspecified atom stereocenters. The molecule has 0 aromatic carbocycles. The summed E-state index contributed by atoms with van der Waals surface area (Å²) in [5.74, 6) is 0.703. The first-order valence-electron chi connectivity index (χ1n) is 5.04. The fourth-order valence-corrected chi connectivity index (χ4v) is 1.22. The van der Waals surface area contributed by atoms with E-state index >= 15 is 0 Å². The lowest BCUT2D eigenvalue weighted by Gasteiger charge is -2.09. The van der Waals surface area contributed by atoms with Gasteiger partial charge in [0.2, 0.25) is 5.88 Å². The molecule has 3 heteroatoms. The van der Waals surface area contributed by atoms with Crippen LogP contribution < -0.4 is 10.5 Å². The molecular weight excluding hydrogens is 176 g/mol.